The van der Waals surface area contributed by atoms with Crippen molar-refractivity contribution in [1.29, 1.82) is 0 Å². The summed E-state index contributed by atoms with van der Waals surface area (Å²) < 4.78 is 17.7. The van der Waals surface area contributed by atoms with Crippen LogP contribution < -0.4 is 0 Å². The van der Waals surface area contributed by atoms with E-state index in [0.29, 0.717) is 11.5 Å². The molecule has 0 aliphatic carbocycles. The van der Waals surface area contributed by atoms with Crippen molar-refractivity contribution in [3.8, 4) is 0 Å². The number of rotatable bonds is 6. The quantitative estimate of drug-likeness (QED) is 0.259. The molecule has 0 radical (unpaired) electrons. The summed E-state index contributed by atoms with van der Waals surface area (Å²) in [4.78, 5) is 5.07. The van der Waals surface area contributed by atoms with Crippen LogP contribution in [0.4, 0.5) is 4.39 Å². The Hall–Kier alpha value is -2.42. The van der Waals surface area contributed by atoms with Crippen molar-refractivity contribution < 1.29 is 4.39 Å². The summed E-state index contributed by atoms with van der Waals surface area (Å²) >= 11 is 0. The lowest BCUT2D eigenvalue weighted by Gasteiger charge is -2.21. The summed E-state index contributed by atoms with van der Waals surface area (Å²) in [6.45, 7) is 20.1. The van der Waals surface area contributed by atoms with Gasteiger partial charge in [0.1, 0.15) is 11.3 Å². The molecule has 2 heterocycles. The zero-order valence-corrected chi connectivity index (χ0v) is 23.1. The molecule has 0 bridgehead atoms. The summed E-state index contributed by atoms with van der Waals surface area (Å²) in [6, 6.07) is 12.6. The van der Waals surface area contributed by atoms with E-state index in [1.807, 2.05) is 39.8 Å². The molecule has 4 aromatic rings. The zero-order valence-electron chi connectivity index (χ0n) is 23.1. The topological polar surface area (TPSA) is 17.3 Å². The van der Waals surface area contributed by atoms with Crippen LogP contribution in [0.1, 0.15) is 110 Å². The maximum Gasteiger partial charge on any atom is 0.146 e. The van der Waals surface area contributed by atoms with E-state index in [0.717, 1.165) is 40.3 Å². The van der Waals surface area contributed by atoms with Gasteiger partial charge in [0.2, 0.25) is 0 Å². The van der Waals surface area contributed by atoms with Crippen LogP contribution in [0, 0.1) is 13.8 Å². The van der Waals surface area contributed by atoms with Crippen LogP contribution in [0.5, 0.6) is 0 Å². The van der Waals surface area contributed by atoms with Crippen molar-refractivity contribution in [2.24, 2.45) is 0 Å². The molecule has 34 heavy (non-hydrogen) atoms. The van der Waals surface area contributed by atoms with Crippen LogP contribution in [0.2, 0.25) is 0 Å². The highest BCUT2D eigenvalue weighted by molar-refractivity contribution is 6.13. The Balaban J connectivity index is 0.000000970. The fourth-order valence-electron chi connectivity index (χ4n) is 4.98. The first kappa shape index (κ1) is 27.8. The molecule has 0 fully saturated rings. The van der Waals surface area contributed by atoms with E-state index in [2.05, 4.69) is 56.4 Å². The van der Waals surface area contributed by atoms with Gasteiger partial charge in [-0.3, -0.25) is 4.40 Å². The number of alkyl halides is 1. The molecular weight excluding hydrogens is 419 g/mol. The lowest BCUT2D eigenvalue weighted by atomic mass is 9.92. The van der Waals surface area contributed by atoms with Gasteiger partial charge in [-0.2, -0.15) is 0 Å². The van der Waals surface area contributed by atoms with Gasteiger partial charge in [-0.15, -0.1) is 0 Å². The van der Waals surface area contributed by atoms with Gasteiger partial charge in [0, 0.05) is 27.9 Å². The molecule has 2 aromatic carbocycles. The van der Waals surface area contributed by atoms with Crippen LogP contribution >= 0.6 is 0 Å². The Morgan fingerprint density at radius 3 is 2.24 bits per heavy atom. The van der Waals surface area contributed by atoms with Crippen LogP contribution in [0.15, 0.2) is 36.4 Å². The third kappa shape index (κ3) is 5.14. The van der Waals surface area contributed by atoms with E-state index in [1.54, 1.807) is 13.8 Å². The second-order valence-electron chi connectivity index (χ2n) is 9.21. The lowest BCUT2D eigenvalue weighted by molar-refractivity contribution is 0.224. The molecular formula is C31H45FN2. The van der Waals surface area contributed by atoms with Gasteiger partial charge in [0.05, 0.1) is 11.2 Å². The van der Waals surface area contributed by atoms with Crippen molar-refractivity contribution in [3.05, 3.63) is 58.9 Å². The third-order valence-electron chi connectivity index (χ3n) is 6.50. The van der Waals surface area contributed by atoms with Gasteiger partial charge in [0.15, 0.2) is 0 Å². The standard InChI is InChI=1S/C27H33FN2.2C2H6/c1-7-9-11-19(8-2)25-18(4)29-26-24-21(12-10-13-22(24)27(5,6)28)20-15-14-17(3)16-23(20)30(25)26;2*1-2/h10,12-16,19H,7-9,11H2,1-6H3;2*1-2H3. The summed E-state index contributed by atoms with van der Waals surface area (Å²) in [7, 11) is 0. The van der Waals surface area contributed by atoms with Crippen LogP contribution in [-0.2, 0) is 5.67 Å². The molecule has 0 amide bonds. The van der Waals surface area contributed by atoms with E-state index < -0.39 is 5.67 Å². The van der Waals surface area contributed by atoms with Crippen LogP contribution in [0.3, 0.4) is 0 Å². The molecule has 2 aromatic heterocycles. The second-order valence-corrected chi connectivity index (χ2v) is 9.21. The Labute approximate surface area is 206 Å². The Bertz CT molecular complexity index is 1230. The van der Waals surface area contributed by atoms with Crippen molar-refractivity contribution in [2.75, 3.05) is 0 Å². The molecule has 4 rings (SSSR count). The van der Waals surface area contributed by atoms with Crippen molar-refractivity contribution in [3.63, 3.8) is 0 Å². The number of nitrogens with zero attached hydrogens (tertiary/aromatic N) is 2. The summed E-state index contributed by atoms with van der Waals surface area (Å²) in [5, 5.41) is 3.19. The van der Waals surface area contributed by atoms with E-state index in [9.17, 15) is 0 Å². The second kappa shape index (κ2) is 11.8. The number of fused-ring (bicyclic) bond motifs is 6. The average molecular weight is 465 g/mol. The first-order valence-electron chi connectivity index (χ1n) is 13.3. The fourth-order valence-corrected chi connectivity index (χ4v) is 4.98. The van der Waals surface area contributed by atoms with Gasteiger partial charge in [0.25, 0.3) is 0 Å². The molecule has 2 nitrogen and oxygen atoms in total. The molecule has 0 saturated heterocycles. The van der Waals surface area contributed by atoms with Crippen LogP contribution in [-0.4, -0.2) is 9.38 Å². The fraction of sp³-hybridized carbons (Fsp3) is 0.516. The minimum Gasteiger partial charge on any atom is -0.296 e. The third-order valence-corrected chi connectivity index (χ3v) is 6.50. The largest absolute Gasteiger partial charge is 0.296 e. The number of aromatic nitrogens is 2. The smallest absolute Gasteiger partial charge is 0.146 e. The van der Waals surface area contributed by atoms with Crippen molar-refractivity contribution >= 4 is 27.3 Å². The number of hydrogen-bond donors (Lipinski definition) is 0. The Kier molecular flexibility index (Phi) is 9.67. The van der Waals surface area contributed by atoms with Crippen LogP contribution in [0.25, 0.3) is 27.3 Å². The number of benzene rings is 2. The highest BCUT2D eigenvalue weighted by Crippen LogP contribution is 2.40. The van der Waals surface area contributed by atoms with E-state index >= 15 is 4.39 Å². The van der Waals surface area contributed by atoms with Gasteiger partial charge < -0.3 is 0 Å². The van der Waals surface area contributed by atoms with Gasteiger partial charge >= 0.3 is 0 Å². The van der Waals surface area contributed by atoms with E-state index in [1.165, 1.54) is 29.6 Å². The maximum absolute atomic E-state index is 15.3. The Morgan fingerprint density at radius 2 is 1.65 bits per heavy atom. The lowest BCUT2D eigenvalue weighted by Crippen LogP contribution is -2.11. The molecule has 0 N–H and O–H groups in total. The Morgan fingerprint density at radius 1 is 0.971 bits per heavy atom. The molecule has 186 valence electrons. The minimum absolute atomic E-state index is 0.451. The highest BCUT2D eigenvalue weighted by atomic mass is 19.1. The maximum atomic E-state index is 15.3. The first-order chi connectivity index (χ1) is 16.3. The molecule has 1 atom stereocenters. The van der Waals surface area contributed by atoms with E-state index in [4.69, 9.17) is 4.98 Å². The predicted molar refractivity (Wildman–Crippen MR) is 149 cm³/mol. The first-order valence-corrected chi connectivity index (χ1v) is 13.3. The van der Waals surface area contributed by atoms with Gasteiger partial charge in [-0.05, 0) is 57.6 Å². The minimum atomic E-state index is -1.44. The van der Waals surface area contributed by atoms with E-state index in [-0.39, 0.29) is 0 Å². The summed E-state index contributed by atoms with van der Waals surface area (Å²) in [5.74, 6) is 0.451. The molecule has 0 aliphatic heterocycles. The SMILES string of the molecule is CC.CC.CCCCC(CC)c1c(C)nc2c3c(C(C)(C)F)cccc3c3ccc(C)cc3n12. The van der Waals surface area contributed by atoms with Crippen molar-refractivity contribution in [2.45, 2.75) is 107 Å². The number of pyridine rings is 1. The summed E-state index contributed by atoms with van der Waals surface area (Å²) in [5.41, 5.74) is 4.94. The number of hydrogen-bond acceptors (Lipinski definition) is 1. The van der Waals surface area contributed by atoms with Crippen molar-refractivity contribution in [1.82, 2.24) is 9.38 Å². The summed E-state index contributed by atoms with van der Waals surface area (Å²) in [6.07, 6.45) is 4.63. The molecule has 1 unspecified atom stereocenters. The molecule has 0 saturated carbocycles. The number of aryl methyl sites for hydroxylation is 2. The van der Waals surface area contributed by atoms with Gasteiger partial charge in [-0.1, -0.05) is 84.7 Å². The number of unbranched alkanes of at least 4 members (excludes halogenated alkanes) is 1. The molecule has 3 heteroatoms. The molecule has 0 aliphatic rings. The zero-order chi connectivity index (χ0) is 25.6. The molecule has 0 spiro atoms. The normalized spacial score (nSPS) is 12.3. The predicted octanol–water partition coefficient (Wildman–Crippen LogP) is 10.2. The highest BCUT2D eigenvalue weighted by Gasteiger charge is 2.27. The number of imidazole rings is 1. The number of halogens is 1. The average Bonchev–Trinajstić information content (AvgIpc) is 3.18. The van der Waals surface area contributed by atoms with Gasteiger partial charge in [-0.25, -0.2) is 9.37 Å². The monoisotopic (exact) mass is 464 g/mol.